The molecule has 1 aromatic heterocycles. The SMILES string of the molecule is Cc1cc(/C=C/C(=O)C(=O)O)c(C)n1C. The second kappa shape index (κ2) is 4.13. The van der Waals surface area contributed by atoms with Crippen LogP contribution >= 0.6 is 0 Å². The Labute approximate surface area is 87.8 Å². The number of carbonyl (C=O) groups excluding carboxylic acids is 1. The van der Waals surface area contributed by atoms with Gasteiger partial charge in [-0.1, -0.05) is 0 Å². The van der Waals surface area contributed by atoms with Crippen molar-refractivity contribution >= 4 is 17.8 Å². The predicted molar refractivity (Wildman–Crippen MR) is 56.6 cm³/mol. The Hall–Kier alpha value is -1.84. The minimum atomic E-state index is -1.43. The second-order valence-electron chi connectivity index (χ2n) is 3.39. The van der Waals surface area contributed by atoms with Gasteiger partial charge in [0.1, 0.15) is 0 Å². The number of carbonyl (C=O) groups is 2. The molecule has 1 rings (SSSR count). The Bertz CT molecular complexity index is 441. The van der Waals surface area contributed by atoms with Gasteiger partial charge in [-0.15, -0.1) is 0 Å². The first kappa shape index (κ1) is 11.2. The van der Waals surface area contributed by atoms with Crippen molar-refractivity contribution in [3.8, 4) is 0 Å². The summed E-state index contributed by atoms with van der Waals surface area (Å²) < 4.78 is 1.98. The standard InChI is InChI=1S/C11H13NO3/c1-7-6-9(8(2)12(7)3)4-5-10(13)11(14)15/h4-6H,1-3H3,(H,14,15)/b5-4+. The van der Waals surface area contributed by atoms with Crippen molar-refractivity contribution in [1.29, 1.82) is 0 Å². The first-order valence-electron chi connectivity index (χ1n) is 4.51. The van der Waals surface area contributed by atoms with Gasteiger partial charge in [0.05, 0.1) is 0 Å². The molecule has 0 aliphatic rings. The minimum Gasteiger partial charge on any atom is -0.475 e. The highest BCUT2D eigenvalue weighted by atomic mass is 16.4. The topological polar surface area (TPSA) is 59.3 Å². The monoisotopic (exact) mass is 207 g/mol. The molecule has 0 saturated carbocycles. The van der Waals surface area contributed by atoms with Crippen molar-refractivity contribution in [3.05, 3.63) is 29.1 Å². The van der Waals surface area contributed by atoms with E-state index < -0.39 is 11.8 Å². The predicted octanol–water partition coefficient (Wildman–Crippen LogP) is 1.31. The fraction of sp³-hybridized carbons (Fsp3) is 0.273. The van der Waals surface area contributed by atoms with Gasteiger partial charge in [-0.25, -0.2) is 4.79 Å². The van der Waals surface area contributed by atoms with Gasteiger partial charge >= 0.3 is 5.97 Å². The molecule has 4 heteroatoms. The van der Waals surface area contributed by atoms with Gasteiger partial charge in [-0.05, 0) is 37.6 Å². The summed E-state index contributed by atoms with van der Waals surface area (Å²) in [5, 5.41) is 8.38. The molecule has 15 heavy (non-hydrogen) atoms. The van der Waals surface area contributed by atoms with Crippen molar-refractivity contribution in [2.24, 2.45) is 7.05 Å². The zero-order valence-corrected chi connectivity index (χ0v) is 8.94. The Kier molecular flexibility index (Phi) is 3.09. The Morgan fingerprint density at radius 2 is 2.00 bits per heavy atom. The van der Waals surface area contributed by atoms with E-state index in [-0.39, 0.29) is 0 Å². The summed E-state index contributed by atoms with van der Waals surface area (Å²) in [6.45, 7) is 3.86. The van der Waals surface area contributed by atoms with Crippen molar-refractivity contribution in [1.82, 2.24) is 4.57 Å². The molecule has 0 bridgehead atoms. The summed E-state index contributed by atoms with van der Waals surface area (Å²) in [5.41, 5.74) is 2.93. The van der Waals surface area contributed by atoms with Gasteiger partial charge in [0.2, 0.25) is 0 Å². The number of hydrogen-bond acceptors (Lipinski definition) is 2. The summed E-state index contributed by atoms with van der Waals surface area (Å²) >= 11 is 0. The van der Waals surface area contributed by atoms with Gasteiger partial charge in [0.25, 0.3) is 5.78 Å². The van der Waals surface area contributed by atoms with Crippen LogP contribution in [0.2, 0.25) is 0 Å². The van der Waals surface area contributed by atoms with Crippen LogP contribution in [0.15, 0.2) is 12.1 Å². The van der Waals surface area contributed by atoms with Crippen LogP contribution in [0, 0.1) is 13.8 Å². The normalized spacial score (nSPS) is 10.9. The van der Waals surface area contributed by atoms with Crippen LogP contribution in [-0.4, -0.2) is 21.4 Å². The van der Waals surface area contributed by atoms with Crippen LogP contribution in [0.25, 0.3) is 6.08 Å². The number of aryl methyl sites for hydroxylation is 1. The molecule has 80 valence electrons. The van der Waals surface area contributed by atoms with E-state index in [0.717, 1.165) is 23.0 Å². The van der Waals surface area contributed by atoms with Crippen LogP contribution in [0.3, 0.4) is 0 Å². The molecular formula is C11H13NO3. The molecule has 0 aliphatic carbocycles. The Balaban J connectivity index is 2.95. The second-order valence-corrected chi connectivity index (χ2v) is 3.39. The molecule has 0 radical (unpaired) electrons. The van der Waals surface area contributed by atoms with E-state index in [2.05, 4.69) is 0 Å². The Morgan fingerprint density at radius 3 is 2.40 bits per heavy atom. The molecule has 0 fully saturated rings. The highest BCUT2D eigenvalue weighted by Gasteiger charge is 2.07. The maximum Gasteiger partial charge on any atom is 0.376 e. The van der Waals surface area contributed by atoms with Crippen molar-refractivity contribution in [2.45, 2.75) is 13.8 Å². The van der Waals surface area contributed by atoms with E-state index in [0.29, 0.717) is 0 Å². The first-order valence-corrected chi connectivity index (χ1v) is 4.51. The summed E-state index contributed by atoms with van der Waals surface area (Å²) in [6.07, 6.45) is 2.60. The largest absolute Gasteiger partial charge is 0.475 e. The highest BCUT2D eigenvalue weighted by Crippen LogP contribution is 2.14. The highest BCUT2D eigenvalue weighted by molar-refractivity contribution is 6.38. The van der Waals surface area contributed by atoms with E-state index in [4.69, 9.17) is 5.11 Å². The maximum absolute atomic E-state index is 10.8. The molecule has 1 aromatic rings. The smallest absolute Gasteiger partial charge is 0.376 e. The number of nitrogens with zero attached hydrogens (tertiary/aromatic N) is 1. The summed E-state index contributed by atoms with van der Waals surface area (Å²) in [6, 6.07) is 1.90. The zero-order valence-electron chi connectivity index (χ0n) is 8.94. The third-order valence-electron chi connectivity index (χ3n) is 2.44. The summed E-state index contributed by atoms with van der Waals surface area (Å²) in [5.74, 6) is -2.34. The molecular weight excluding hydrogens is 194 g/mol. The van der Waals surface area contributed by atoms with Crippen LogP contribution in [0.1, 0.15) is 17.0 Å². The fourth-order valence-electron chi connectivity index (χ4n) is 1.29. The van der Waals surface area contributed by atoms with E-state index in [9.17, 15) is 9.59 Å². The molecule has 0 amide bonds. The molecule has 0 atom stereocenters. The van der Waals surface area contributed by atoms with Gasteiger partial charge in [-0.2, -0.15) is 0 Å². The lowest BCUT2D eigenvalue weighted by Crippen LogP contribution is -2.08. The van der Waals surface area contributed by atoms with E-state index >= 15 is 0 Å². The van der Waals surface area contributed by atoms with Crippen molar-refractivity contribution in [2.75, 3.05) is 0 Å². The van der Waals surface area contributed by atoms with Crippen LogP contribution in [0.4, 0.5) is 0 Å². The average molecular weight is 207 g/mol. The van der Waals surface area contributed by atoms with Crippen LogP contribution in [0.5, 0.6) is 0 Å². The van der Waals surface area contributed by atoms with Crippen molar-refractivity contribution < 1.29 is 14.7 Å². The van der Waals surface area contributed by atoms with Gasteiger partial charge in [0.15, 0.2) is 0 Å². The third kappa shape index (κ3) is 2.34. The molecule has 1 N–H and O–H groups in total. The van der Waals surface area contributed by atoms with Crippen molar-refractivity contribution in [3.63, 3.8) is 0 Å². The van der Waals surface area contributed by atoms with E-state index in [1.54, 1.807) is 0 Å². The van der Waals surface area contributed by atoms with Crippen LogP contribution < -0.4 is 0 Å². The van der Waals surface area contributed by atoms with E-state index in [1.165, 1.54) is 6.08 Å². The number of carboxylic acid groups (broad SMARTS) is 1. The number of aromatic nitrogens is 1. The number of ketones is 1. The number of rotatable bonds is 3. The minimum absolute atomic E-state index is 0.865. The third-order valence-corrected chi connectivity index (χ3v) is 2.44. The van der Waals surface area contributed by atoms with Gasteiger partial charge < -0.3 is 9.67 Å². The molecule has 0 aromatic carbocycles. The number of carboxylic acids is 1. The quantitative estimate of drug-likeness (QED) is 0.600. The summed E-state index contributed by atoms with van der Waals surface area (Å²) in [4.78, 5) is 21.1. The average Bonchev–Trinajstić information content (AvgIpc) is 2.42. The molecule has 0 unspecified atom stereocenters. The molecule has 0 spiro atoms. The molecule has 0 aliphatic heterocycles. The zero-order chi connectivity index (χ0) is 11.6. The number of hydrogen-bond donors (Lipinski definition) is 1. The summed E-state index contributed by atoms with van der Waals surface area (Å²) in [7, 11) is 1.92. The van der Waals surface area contributed by atoms with Gasteiger partial charge in [-0.3, -0.25) is 4.79 Å². The number of aliphatic carboxylic acids is 1. The van der Waals surface area contributed by atoms with E-state index in [1.807, 2.05) is 31.5 Å². The fourth-order valence-corrected chi connectivity index (χ4v) is 1.29. The lowest BCUT2D eigenvalue weighted by molar-refractivity contribution is -0.146. The molecule has 4 nitrogen and oxygen atoms in total. The van der Waals surface area contributed by atoms with Crippen LogP contribution in [-0.2, 0) is 16.6 Å². The molecule has 1 heterocycles. The van der Waals surface area contributed by atoms with Gasteiger partial charge in [0, 0.05) is 18.4 Å². The maximum atomic E-state index is 10.8. The lowest BCUT2D eigenvalue weighted by atomic mass is 10.2. The first-order chi connectivity index (χ1) is 6.93. The Morgan fingerprint density at radius 1 is 1.40 bits per heavy atom. The lowest BCUT2D eigenvalue weighted by Gasteiger charge is -1.98. The molecule has 0 saturated heterocycles.